The SMILES string of the molecule is COCCCCCNC(=O)/C=C/c1ccc(N)cc1. The van der Waals surface area contributed by atoms with Crippen LogP contribution in [0.5, 0.6) is 0 Å². The number of carbonyl (C=O) groups excluding carboxylic acids is 1. The summed E-state index contributed by atoms with van der Waals surface area (Å²) >= 11 is 0. The molecule has 0 heterocycles. The van der Waals surface area contributed by atoms with Gasteiger partial charge in [-0.3, -0.25) is 4.79 Å². The van der Waals surface area contributed by atoms with E-state index in [1.165, 1.54) is 0 Å². The van der Waals surface area contributed by atoms with E-state index in [0.29, 0.717) is 6.54 Å². The third-order valence-electron chi connectivity index (χ3n) is 2.69. The number of unbranched alkanes of at least 4 members (excludes halogenated alkanes) is 2. The van der Waals surface area contributed by atoms with Gasteiger partial charge in [-0.1, -0.05) is 12.1 Å². The van der Waals surface area contributed by atoms with Crippen molar-refractivity contribution in [2.45, 2.75) is 19.3 Å². The highest BCUT2D eigenvalue weighted by atomic mass is 16.5. The number of nitrogen functional groups attached to an aromatic ring is 1. The summed E-state index contributed by atoms with van der Waals surface area (Å²) in [5.41, 5.74) is 7.27. The van der Waals surface area contributed by atoms with Gasteiger partial charge in [-0.15, -0.1) is 0 Å². The lowest BCUT2D eigenvalue weighted by Gasteiger charge is -2.02. The Morgan fingerprint density at radius 1 is 1.26 bits per heavy atom. The fourth-order valence-electron chi connectivity index (χ4n) is 1.60. The van der Waals surface area contributed by atoms with Gasteiger partial charge in [-0.05, 0) is 43.0 Å². The second-order valence-electron chi connectivity index (χ2n) is 4.34. The molecule has 0 radical (unpaired) electrons. The average molecular weight is 262 g/mol. The lowest BCUT2D eigenvalue weighted by atomic mass is 10.2. The van der Waals surface area contributed by atoms with Gasteiger partial charge in [-0.25, -0.2) is 0 Å². The van der Waals surface area contributed by atoms with Crippen LogP contribution in [-0.4, -0.2) is 26.2 Å². The number of methoxy groups -OCH3 is 1. The van der Waals surface area contributed by atoms with Crippen molar-refractivity contribution in [1.82, 2.24) is 5.32 Å². The molecular formula is C15H22N2O2. The standard InChI is InChI=1S/C15H22N2O2/c1-19-12-4-2-3-11-17-15(18)10-7-13-5-8-14(16)9-6-13/h5-10H,2-4,11-12,16H2,1H3,(H,17,18)/b10-7+. The van der Waals surface area contributed by atoms with Crippen molar-refractivity contribution < 1.29 is 9.53 Å². The molecule has 0 fully saturated rings. The van der Waals surface area contributed by atoms with Gasteiger partial charge < -0.3 is 15.8 Å². The van der Waals surface area contributed by atoms with E-state index in [-0.39, 0.29) is 5.91 Å². The quantitative estimate of drug-likeness (QED) is 0.429. The Hall–Kier alpha value is -1.81. The van der Waals surface area contributed by atoms with Crippen molar-refractivity contribution in [2.24, 2.45) is 0 Å². The zero-order valence-electron chi connectivity index (χ0n) is 11.4. The minimum atomic E-state index is -0.0661. The monoisotopic (exact) mass is 262 g/mol. The van der Waals surface area contributed by atoms with E-state index in [1.54, 1.807) is 19.3 Å². The number of amides is 1. The molecule has 0 aliphatic heterocycles. The first-order valence-corrected chi connectivity index (χ1v) is 6.53. The van der Waals surface area contributed by atoms with Crippen molar-refractivity contribution >= 4 is 17.7 Å². The third-order valence-corrected chi connectivity index (χ3v) is 2.69. The molecule has 4 heteroatoms. The Bertz CT molecular complexity index is 399. The second-order valence-corrected chi connectivity index (χ2v) is 4.34. The largest absolute Gasteiger partial charge is 0.399 e. The summed E-state index contributed by atoms with van der Waals surface area (Å²) in [6.07, 6.45) is 6.40. The van der Waals surface area contributed by atoms with E-state index in [2.05, 4.69) is 5.32 Å². The molecule has 0 aliphatic carbocycles. The predicted molar refractivity (Wildman–Crippen MR) is 78.6 cm³/mol. The zero-order valence-corrected chi connectivity index (χ0v) is 11.4. The van der Waals surface area contributed by atoms with Crippen LogP contribution < -0.4 is 11.1 Å². The number of benzene rings is 1. The molecule has 0 saturated carbocycles. The molecule has 104 valence electrons. The molecule has 1 amide bonds. The fraction of sp³-hybridized carbons (Fsp3) is 0.400. The number of nitrogens with one attached hydrogen (secondary N) is 1. The van der Waals surface area contributed by atoms with E-state index < -0.39 is 0 Å². The molecule has 0 atom stereocenters. The van der Waals surface area contributed by atoms with E-state index in [9.17, 15) is 4.79 Å². The molecule has 1 aromatic rings. The van der Waals surface area contributed by atoms with Crippen molar-refractivity contribution in [2.75, 3.05) is 26.0 Å². The number of hydrogen-bond donors (Lipinski definition) is 2. The molecule has 0 bridgehead atoms. The highest BCUT2D eigenvalue weighted by Gasteiger charge is 1.95. The summed E-state index contributed by atoms with van der Waals surface area (Å²) in [6, 6.07) is 7.38. The van der Waals surface area contributed by atoms with Crippen molar-refractivity contribution in [3.63, 3.8) is 0 Å². The Labute approximate surface area is 114 Å². The predicted octanol–water partition coefficient (Wildman–Crippen LogP) is 2.21. The van der Waals surface area contributed by atoms with Gasteiger partial charge in [0.15, 0.2) is 0 Å². The molecule has 1 aromatic carbocycles. The van der Waals surface area contributed by atoms with Crippen LogP contribution >= 0.6 is 0 Å². The van der Waals surface area contributed by atoms with Crippen LogP contribution in [0.25, 0.3) is 6.08 Å². The average Bonchev–Trinajstić information content (AvgIpc) is 2.42. The molecule has 1 rings (SSSR count). The first-order chi connectivity index (χ1) is 9.22. The molecule has 0 aromatic heterocycles. The molecule has 3 N–H and O–H groups in total. The molecular weight excluding hydrogens is 240 g/mol. The van der Waals surface area contributed by atoms with Gasteiger partial charge in [0.1, 0.15) is 0 Å². The number of hydrogen-bond acceptors (Lipinski definition) is 3. The minimum Gasteiger partial charge on any atom is -0.399 e. The van der Waals surface area contributed by atoms with Crippen LogP contribution in [0.15, 0.2) is 30.3 Å². The van der Waals surface area contributed by atoms with Gasteiger partial charge in [0.05, 0.1) is 0 Å². The molecule has 0 unspecified atom stereocenters. The van der Waals surface area contributed by atoms with E-state index in [1.807, 2.05) is 24.3 Å². The minimum absolute atomic E-state index is 0.0661. The molecule has 4 nitrogen and oxygen atoms in total. The Morgan fingerprint density at radius 3 is 2.68 bits per heavy atom. The Kier molecular flexibility index (Phi) is 7.35. The number of anilines is 1. The first-order valence-electron chi connectivity index (χ1n) is 6.53. The van der Waals surface area contributed by atoms with Gasteiger partial charge in [0.2, 0.25) is 5.91 Å². The topological polar surface area (TPSA) is 64.3 Å². The lowest BCUT2D eigenvalue weighted by molar-refractivity contribution is -0.116. The van der Waals surface area contributed by atoms with Crippen LogP contribution in [0.2, 0.25) is 0 Å². The first kappa shape index (κ1) is 15.2. The van der Waals surface area contributed by atoms with Crippen molar-refractivity contribution in [3.05, 3.63) is 35.9 Å². The second kappa shape index (κ2) is 9.16. The normalized spacial score (nSPS) is 10.8. The van der Waals surface area contributed by atoms with Crippen LogP contribution in [-0.2, 0) is 9.53 Å². The van der Waals surface area contributed by atoms with Crippen LogP contribution in [0.4, 0.5) is 5.69 Å². The van der Waals surface area contributed by atoms with E-state index >= 15 is 0 Å². The number of ether oxygens (including phenoxy) is 1. The van der Waals surface area contributed by atoms with Gasteiger partial charge in [-0.2, -0.15) is 0 Å². The summed E-state index contributed by atoms with van der Waals surface area (Å²) < 4.78 is 4.96. The van der Waals surface area contributed by atoms with Gasteiger partial charge in [0.25, 0.3) is 0 Å². The van der Waals surface area contributed by atoms with Crippen LogP contribution in [0.1, 0.15) is 24.8 Å². The van der Waals surface area contributed by atoms with Gasteiger partial charge >= 0.3 is 0 Å². The molecule has 0 spiro atoms. The smallest absolute Gasteiger partial charge is 0.243 e. The lowest BCUT2D eigenvalue weighted by Crippen LogP contribution is -2.22. The highest BCUT2D eigenvalue weighted by molar-refractivity contribution is 5.91. The molecule has 19 heavy (non-hydrogen) atoms. The maximum atomic E-state index is 11.5. The summed E-state index contributed by atoms with van der Waals surface area (Å²) in [5.74, 6) is -0.0661. The van der Waals surface area contributed by atoms with E-state index in [0.717, 1.165) is 37.1 Å². The number of rotatable bonds is 8. The third kappa shape index (κ3) is 7.26. The Balaban J connectivity index is 2.18. The van der Waals surface area contributed by atoms with Gasteiger partial charge in [0, 0.05) is 32.0 Å². The Morgan fingerprint density at radius 2 is 2.00 bits per heavy atom. The summed E-state index contributed by atoms with van der Waals surface area (Å²) in [4.78, 5) is 11.5. The summed E-state index contributed by atoms with van der Waals surface area (Å²) in [6.45, 7) is 1.49. The maximum absolute atomic E-state index is 11.5. The van der Waals surface area contributed by atoms with Crippen LogP contribution in [0.3, 0.4) is 0 Å². The zero-order chi connectivity index (χ0) is 13.9. The van der Waals surface area contributed by atoms with Crippen LogP contribution in [0, 0.1) is 0 Å². The van der Waals surface area contributed by atoms with E-state index in [4.69, 9.17) is 10.5 Å². The summed E-state index contributed by atoms with van der Waals surface area (Å²) in [5, 5.41) is 2.85. The molecule has 0 saturated heterocycles. The number of carbonyl (C=O) groups is 1. The summed E-state index contributed by atoms with van der Waals surface area (Å²) in [7, 11) is 1.70. The highest BCUT2D eigenvalue weighted by Crippen LogP contribution is 2.06. The van der Waals surface area contributed by atoms with Crippen molar-refractivity contribution in [1.29, 1.82) is 0 Å². The molecule has 0 aliphatic rings. The fourth-order valence-corrected chi connectivity index (χ4v) is 1.60. The van der Waals surface area contributed by atoms with Crippen molar-refractivity contribution in [3.8, 4) is 0 Å². The maximum Gasteiger partial charge on any atom is 0.243 e. The number of nitrogens with two attached hydrogens (primary N) is 1.